The summed E-state index contributed by atoms with van der Waals surface area (Å²) in [4.78, 5) is 0. The highest BCUT2D eigenvalue weighted by Crippen LogP contribution is 2.31. The molecule has 1 aliphatic rings. The van der Waals surface area contributed by atoms with Gasteiger partial charge >= 0.3 is 0 Å². The quantitative estimate of drug-likeness (QED) is 0.594. The van der Waals surface area contributed by atoms with Crippen molar-refractivity contribution in [2.45, 2.75) is 38.6 Å². The van der Waals surface area contributed by atoms with E-state index >= 15 is 0 Å². The third-order valence-corrected chi connectivity index (χ3v) is 2.18. The Bertz CT molecular complexity index is 102. The molecule has 1 fully saturated rings. The Morgan fingerprint density at radius 2 is 2.27 bits per heavy atom. The molecule has 66 valence electrons. The standard InChI is InChI=1S/C9H19NO/c1-2-3-6-11-7-9(10)8-4-5-8/h8-9H,2-7,10H2,1H3. The molecule has 0 amide bonds. The van der Waals surface area contributed by atoms with Crippen molar-refractivity contribution in [3.8, 4) is 0 Å². The fourth-order valence-corrected chi connectivity index (χ4v) is 1.13. The predicted molar refractivity (Wildman–Crippen MR) is 46.4 cm³/mol. The number of rotatable bonds is 6. The zero-order valence-corrected chi connectivity index (χ0v) is 7.38. The third kappa shape index (κ3) is 3.73. The Labute approximate surface area is 69.1 Å². The van der Waals surface area contributed by atoms with Gasteiger partial charge < -0.3 is 10.5 Å². The first-order valence-corrected chi connectivity index (χ1v) is 4.68. The molecule has 1 atom stereocenters. The molecule has 1 rings (SSSR count). The third-order valence-electron chi connectivity index (χ3n) is 2.18. The van der Waals surface area contributed by atoms with Crippen molar-refractivity contribution in [1.82, 2.24) is 0 Å². The van der Waals surface area contributed by atoms with Crippen LogP contribution in [0, 0.1) is 5.92 Å². The minimum absolute atomic E-state index is 0.312. The first kappa shape index (κ1) is 9.01. The average molecular weight is 157 g/mol. The van der Waals surface area contributed by atoms with Crippen LogP contribution in [-0.4, -0.2) is 19.3 Å². The minimum atomic E-state index is 0.312. The van der Waals surface area contributed by atoms with Crippen LogP contribution in [0.4, 0.5) is 0 Å². The molecule has 2 heteroatoms. The molecule has 0 aromatic carbocycles. The second-order valence-electron chi connectivity index (χ2n) is 3.43. The molecule has 0 spiro atoms. The van der Waals surface area contributed by atoms with Gasteiger partial charge in [-0.3, -0.25) is 0 Å². The highest BCUT2D eigenvalue weighted by molar-refractivity contribution is 4.83. The van der Waals surface area contributed by atoms with Crippen molar-refractivity contribution in [3.05, 3.63) is 0 Å². The highest BCUT2D eigenvalue weighted by atomic mass is 16.5. The molecule has 1 unspecified atom stereocenters. The van der Waals surface area contributed by atoms with Crippen molar-refractivity contribution in [2.24, 2.45) is 11.7 Å². The van der Waals surface area contributed by atoms with Crippen LogP contribution in [0.3, 0.4) is 0 Å². The van der Waals surface area contributed by atoms with Crippen molar-refractivity contribution in [2.75, 3.05) is 13.2 Å². The molecule has 0 aromatic rings. The average Bonchev–Trinajstić information content (AvgIpc) is 2.79. The van der Waals surface area contributed by atoms with E-state index in [2.05, 4.69) is 6.92 Å². The van der Waals surface area contributed by atoms with Crippen molar-refractivity contribution < 1.29 is 4.74 Å². The lowest BCUT2D eigenvalue weighted by atomic mass is 10.2. The fraction of sp³-hybridized carbons (Fsp3) is 1.00. The molecule has 2 N–H and O–H groups in total. The van der Waals surface area contributed by atoms with Gasteiger partial charge in [-0.2, -0.15) is 0 Å². The van der Waals surface area contributed by atoms with Crippen molar-refractivity contribution in [3.63, 3.8) is 0 Å². The van der Waals surface area contributed by atoms with Gasteiger partial charge in [-0.1, -0.05) is 13.3 Å². The van der Waals surface area contributed by atoms with Gasteiger partial charge in [0.15, 0.2) is 0 Å². The molecule has 0 heterocycles. The van der Waals surface area contributed by atoms with Crippen LogP contribution in [-0.2, 0) is 4.74 Å². The van der Waals surface area contributed by atoms with E-state index in [-0.39, 0.29) is 0 Å². The van der Waals surface area contributed by atoms with Crippen LogP contribution in [0.5, 0.6) is 0 Å². The first-order valence-electron chi connectivity index (χ1n) is 4.68. The molecule has 11 heavy (non-hydrogen) atoms. The predicted octanol–water partition coefficient (Wildman–Crippen LogP) is 1.54. The number of hydrogen-bond acceptors (Lipinski definition) is 2. The van der Waals surface area contributed by atoms with Gasteiger partial charge in [0.05, 0.1) is 6.61 Å². The molecule has 0 saturated heterocycles. The summed E-state index contributed by atoms with van der Waals surface area (Å²) < 4.78 is 5.41. The van der Waals surface area contributed by atoms with Gasteiger partial charge in [0, 0.05) is 12.6 Å². The molecular formula is C9H19NO. The summed E-state index contributed by atoms with van der Waals surface area (Å²) in [5.74, 6) is 0.775. The molecular weight excluding hydrogens is 138 g/mol. The molecule has 0 aromatic heterocycles. The maximum absolute atomic E-state index is 5.84. The van der Waals surface area contributed by atoms with Gasteiger partial charge in [-0.25, -0.2) is 0 Å². The van der Waals surface area contributed by atoms with Crippen LogP contribution in [0.1, 0.15) is 32.6 Å². The summed E-state index contributed by atoms with van der Waals surface area (Å²) in [5, 5.41) is 0. The summed E-state index contributed by atoms with van der Waals surface area (Å²) in [6.07, 6.45) is 5.01. The van der Waals surface area contributed by atoms with Crippen molar-refractivity contribution >= 4 is 0 Å². The molecule has 2 nitrogen and oxygen atoms in total. The SMILES string of the molecule is CCCCOCC(N)C1CC1. The molecule has 0 aliphatic heterocycles. The van der Waals surface area contributed by atoms with Crippen molar-refractivity contribution in [1.29, 1.82) is 0 Å². The fourth-order valence-electron chi connectivity index (χ4n) is 1.13. The maximum Gasteiger partial charge on any atom is 0.0620 e. The lowest BCUT2D eigenvalue weighted by molar-refractivity contribution is 0.113. The summed E-state index contributed by atoms with van der Waals surface area (Å²) in [6.45, 7) is 3.83. The summed E-state index contributed by atoms with van der Waals surface area (Å²) >= 11 is 0. The summed E-state index contributed by atoms with van der Waals surface area (Å²) in [6, 6.07) is 0.312. The van der Waals surface area contributed by atoms with Gasteiger partial charge in [0.25, 0.3) is 0 Å². The van der Waals surface area contributed by atoms with Gasteiger partial charge in [0.2, 0.25) is 0 Å². The van der Waals surface area contributed by atoms with E-state index in [0.29, 0.717) is 6.04 Å². The smallest absolute Gasteiger partial charge is 0.0620 e. The minimum Gasteiger partial charge on any atom is -0.380 e. The largest absolute Gasteiger partial charge is 0.380 e. The van der Waals surface area contributed by atoms with E-state index in [1.165, 1.54) is 19.3 Å². The number of ether oxygens (including phenoxy) is 1. The summed E-state index contributed by atoms with van der Waals surface area (Å²) in [5.41, 5.74) is 5.84. The zero-order chi connectivity index (χ0) is 8.10. The second kappa shape index (κ2) is 4.73. The van der Waals surface area contributed by atoms with E-state index in [0.717, 1.165) is 25.6 Å². The number of unbranched alkanes of at least 4 members (excludes halogenated alkanes) is 1. The van der Waals surface area contributed by atoms with Crippen LogP contribution in [0.2, 0.25) is 0 Å². The topological polar surface area (TPSA) is 35.2 Å². The first-order chi connectivity index (χ1) is 5.34. The Morgan fingerprint density at radius 1 is 1.55 bits per heavy atom. The molecule has 0 radical (unpaired) electrons. The van der Waals surface area contributed by atoms with E-state index in [1.54, 1.807) is 0 Å². The summed E-state index contributed by atoms with van der Waals surface area (Å²) in [7, 11) is 0. The highest BCUT2D eigenvalue weighted by Gasteiger charge is 2.28. The molecule has 1 aliphatic carbocycles. The van der Waals surface area contributed by atoms with E-state index in [4.69, 9.17) is 10.5 Å². The van der Waals surface area contributed by atoms with Gasteiger partial charge in [-0.15, -0.1) is 0 Å². The number of hydrogen-bond donors (Lipinski definition) is 1. The van der Waals surface area contributed by atoms with Crippen LogP contribution < -0.4 is 5.73 Å². The van der Waals surface area contributed by atoms with Gasteiger partial charge in [0.1, 0.15) is 0 Å². The number of nitrogens with two attached hydrogens (primary N) is 1. The second-order valence-corrected chi connectivity index (χ2v) is 3.43. The Hall–Kier alpha value is -0.0800. The van der Waals surface area contributed by atoms with E-state index < -0.39 is 0 Å². The maximum atomic E-state index is 5.84. The van der Waals surface area contributed by atoms with E-state index in [9.17, 15) is 0 Å². The van der Waals surface area contributed by atoms with Crippen LogP contribution >= 0.6 is 0 Å². The normalized spacial score (nSPS) is 20.2. The lowest BCUT2D eigenvalue weighted by Crippen LogP contribution is -2.28. The van der Waals surface area contributed by atoms with E-state index in [1.807, 2.05) is 0 Å². The Balaban J connectivity index is 1.85. The Kier molecular flexibility index (Phi) is 3.87. The zero-order valence-electron chi connectivity index (χ0n) is 7.38. The van der Waals surface area contributed by atoms with Crippen LogP contribution in [0.25, 0.3) is 0 Å². The Morgan fingerprint density at radius 3 is 2.82 bits per heavy atom. The molecule has 0 bridgehead atoms. The monoisotopic (exact) mass is 157 g/mol. The lowest BCUT2D eigenvalue weighted by Gasteiger charge is -2.09. The van der Waals surface area contributed by atoms with Gasteiger partial charge in [-0.05, 0) is 25.2 Å². The molecule has 1 saturated carbocycles. The van der Waals surface area contributed by atoms with Crippen LogP contribution in [0.15, 0.2) is 0 Å².